The molecule has 2 aromatic rings. The molecule has 4 rings (SSSR count). The zero-order valence-corrected chi connectivity index (χ0v) is 19.2. The number of halogens is 2. The van der Waals surface area contributed by atoms with E-state index in [4.69, 9.17) is 0 Å². The number of nitrogens with zero attached hydrogens (tertiary/aromatic N) is 2. The van der Waals surface area contributed by atoms with Crippen LogP contribution in [0.1, 0.15) is 44.2 Å². The highest BCUT2D eigenvalue weighted by Crippen LogP contribution is 2.32. The van der Waals surface area contributed by atoms with Gasteiger partial charge in [0, 0.05) is 24.1 Å². The van der Waals surface area contributed by atoms with Gasteiger partial charge in [0.15, 0.2) is 0 Å². The van der Waals surface area contributed by atoms with Crippen molar-refractivity contribution >= 4 is 12.5 Å². The van der Waals surface area contributed by atoms with Gasteiger partial charge in [-0.1, -0.05) is 42.0 Å². The number of benzene rings is 2. The third-order valence-corrected chi connectivity index (χ3v) is 5.40. The fourth-order valence-electron chi connectivity index (χ4n) is 3.49. The Morgan fingerprint density at radius 1 is 1.06 bits per heavy atom. The Morgan fingerprint density at radius 2 is 1.75 bits per heavy atom. The van der Waals surface area contributed by atoms with E-state index in [1.54, 1.807) is 6.07 Å². The number of cyclic esters (lactones) is 1. The third-order valence-electron chi connectivity index (χ3n) is 5.40. The summed E-state index contributed by atoms with van der Waals surface area (Å²) in [6.45, 7) is 11.1. The monoisotopic (exact) mass is 446 g/mol. The Balaban J connectivity index is 0.000000199. The van der Waals surface area contributed by atoms with E-state index in [0.717, 1.165) is 30.5 Å². The van der Waals surface area contributed by atoms with Crippen LogP contribution in [0.25, 0.3) is 0 Å². The van der Waals surface area contributed by atoms with Crippen LogP contribution in [-0.4, -0.2) is 54.1 Å². The van der Waals surface area contributed by atoms with Crippen LogP contribution < -0.4 is 0 Å². The first-order chi connectivity index (χ1) is 15.1. The SMILES string of the molecule is CC(C)(C)N1CCC(c2ccc(F)cc2F)C1.Cc1ccccc1.O=CN1CCOC1=O. The van der Waals surface area contributed by atoms with E-state index in [2.05, 4.69) is 49.5 Å². The van der Waals surface area contributed by atoms with Gasteiger partial charge in [-0.3, -0.25) is 9.69 Å². The number of ether oxygens (including phenoxy) is 1. The summed E-state index contributed by atoms with van der Waals surface area (Å²) in [5.41, 5.74) is 2.09. The second kappa shape index (κ2) is 11.7. The average molecular weight is 447 g/mol. The number of hydrogen-bond donors (Lipinski definition) is 0. The molecule has 1 atom stereocenters. The Kier molecular flexibility index (Phi) is 9.32. The summed E-state index contributed by atoms with van der Waals surface area (Å²) < 4.78 is 30.9. The first-order valence-electron chi connectivity index (χ1n) is 10.7. The van der Waals surface area contributed by atoms with Gasteiger partial charge in [0.25, 0.3) is 0 Å². The Bertz CT molecular complexity index is 885. The molecule has 0 aliphatic carbocycles. The Hall–Kier alpha value is -2.80. The minimum absolute atomic E-state index is 0.116. The van der Waals surface area contributed by atoms with Gasteiger partial charge in [0.2, 0.25) is 6.41 Å². The summed E-state index contributed by atoms with van der Waals surface area (Å²) in [6.07, 6.45) is 0.870. The quantitative estimate of drug-likeness (QED) is 0.599. The van der Waals surface area contributed by atoms with E-state index in [9.17, 15) is 18.4 Å². The first kappa shape index (κ1) is 25.5. The molecule has 32 heavy (non-hydrogen) atoms. The minimum Gasteiger partial charge on any atom is -0.447 e. The van der Waals surface area contributed by atoms with Gasteiger partial charge < -0.3 is 4.74 Å². The molecule has 0 radical (unpaired) electrons. The van der Waals surface area contributed by atoms with E-state index in [1.807, 2.05) is 18.2 Å². The van der Waals surface area contributed by atoms with Gasteiger partial charge >= 0.3 is 6.09 Å². The molecule has 2 amide bonds. The molecule has 7 heteroatoms. The molecule has 174 valence electrons. The van der Waals surface area contributed by atoms with Crippen molar-refractivity contribution in [2.75, 3.05) is 26.2 Å². The number of imide groups is 1. The van der Waals surface area contributed by atoms with Crippen LogP contribution in [0.3, 0.4) is 0 Å². The summed E-state index contributed by atoms with van der Waals surface area (Å²) in [4.78, 5) is 23.5. The van der Waals surface area contributed by atoms with Gasteiger partial charge in [0.1, 0.15) is 18.2 Å². The summed E-state index contributed by atoms with van der Waals surface area (Å²) in [6, 6.07) is 14.2. The van der Waals surface area contributed by atoms with E-state index in [1.165, 1.54) is 11.6 Å². The standard InChI is InChI=1S/C14H19F2N.C7H8.C4H5NO3/c1-14(2,3)17-7-6-10(9-17)12-5-4-11(15)8-13(12)16;1-7-5-3-2-4-6-7;6-3-5-1-2-8-4(5)7/h4-5,8,10H,6-7,9H2,1-3H3;2-6H,1H3;3H,1-2H2. The highest BCUT2D eigenvalue weighted by Gasteiger charge is 2.32. The molecule has 0 saturated carbocycles. The maximum Gasteiger partial charge on any atom is 0.416 e. The van der Waals surface area contributed by atoms with Crippen LogP contribution >= 0.6 is 0 Å². The van der Waals surface area contributed by atoms with E-state index in [0.29, 0.717) is 25.1 Å². The number of hydrogen-bond acceptors (Lipinski definition) is 4. The van der Waals surface area contributed by atoms with Gasteiger partial charge in [-0.2, -0.15) is 0 Å². The molecule has 0 bridgehead atoms. The molecular formula is C25H32F2N2O3. The van der Waals surface area contributed by atoms with Crippen molar-refractivity contribution in [3.05, 3.63) is 71.3 Å². The first-order valence-corrected chi connectivity index (χ1v) is 10.7. The number of carbonyl (C=O) groups is 2. The Labute approximate surface area is 189 Å². The smallest absolute Gasteiger partial charge is 0.416 e. The average Bonchev–Trinajstić information content (AvgIpc) is 3.38. The zero-order chi connectivity index (χ0) is 23.7. The molecule has 2 saturated heterocycles. The largest absolute Gasteiger partial charge is 0.447 e. The minimum atomic E-state index is -0.542. The lowest BCUT2D eigenvalue weighted by Crippen LogP contribution is -2.39. The molecule has 2 aliphatic heterocycles. The van der Waals surface area contributed by atoms with E-state index in [-0.39, 0.29) is 11.5 Å². The normalized spacial score (nSPS) is 18.2. The number of rotatable bonds is 2. The molecule has 2 fully saturated rings. The summed E-state index contributed by atoms with van der Waals surface area (Å²) >= 11 is 0. The van der Waals surface area contributed by atoms with E-state index >= 15 is 0 Å². The molecule has 2 aliphatic rings. The topological polar surface area (TPSA) is 49.9 Å². The lowest BCUT2D eigenvalue weighted by molar-refractivity contribution is -0.115. The van der Waals surface area contributed by atoms with Gasteiger partial charge in [-0.05, 0) is 52.3 Å². The van der Waals surface area contributed by atoms with Crippen molar-refractivity contribution in [2.24, 2.45) is 0 Å². The molecule has 5 nitrogen and oxygen atoms in total. The molecule has 0 aromatic heterocycles. The van der Waals surface area contributed by atoms with Crippen molar-refractivity contribution in [3.63, 3.8) is 0 Å². The number of likely N-dealkylation sites (tertiary alicyclic amines) is 1. The Morgan fingerprint density at radius 3 is 2.16 bits per heavy atom. The van der Waals surface area contributed by atoms with Crippen LogP contribution in [0.4, 0.5) is 13.6 Å². The maximum atomic E-state index is 13.7. The lowest BCUT2D eigenvalue weighted by atomic mass is 9.97. The summed E-state index contributed by atoms with van der Waals surface area (Å²) in [5.74, 6) is -0.725. The maximum absolute atomic E-state index is 13.7. The van der Waals surface area contributed by atoms with Crippen LogP contribution in [0.2, 0.25) is 0 Å². The predicted molar refractivity (Wildman–Crippen MR) is 120 cm³/mol. The molecule has 2 aromatic carbocycles. The van der Waals surface area contributed by atoms with Crippen molar-refractivity contribution in [2.45, 2.75) is 45.6 Å². The summed E-state index contributed by atoms with van der Waals surface area (Å²) in [5, 5.41) is 0. The van der Waals surface area contributed by atoms with Gasteiger partial charge in [-0.15, -0.1) is 0 Å². The predicted octanol–water partition coefficient (Wildman–Crippen LogP) is 5.14. The fourth-order valence-corrected chi connectivity index (χ4v) is 3.49. The van der Waals surface area contributed by atoms with Crippen LogP contribution in [0.5, 0.6) is 0 Å². The fraction of sp³-hybridized carbons (Fsp3) is 0.440. The van der Waals surface area contributed by atoms with Crippen molar-refractivity contribution in [1.29, 1.82) is 0 Å². The van der Waals surface area contributed by atoms with Crippen molar-refractivity contribution in [1.82, 2.24) is 9.80 Å². The zero-order valence-electron chi connectivity index (χ0n) is 19.2. The number of carbonyl (C=O) groups excluding carboxylic acids is 2. The summed E-state index contributed by atoms with van der Waals surface area (Å²) in [7, 11) is 0. The van der Waals surface area contributed by atoms with Crippen LogP contribution in [0, 0.1) is 18.6 Å². The van der Waals surface area contributed by atoms with Crippen molar-refractivity contribution in [3.8, 4) is 0 Å². The highest BCUT2D eigenvalue weighted by atomic mass is 19.1. The van der Waals surface area contributed by atoms with Crippen LogP contribution in [-0.2, 0) is 9.53 Å². The van der Waals surface area contributed by atoms with Gasteiger partial charge in [0.05, 0.1) is 6.54 Å². The molecule has 0 N–H and O–H groups in total. The molecular weight excluding hydrogens is 414 g/mol. The lowest BCUT2D eigenvalue weighted by Gasteiger charge is -2.31. The molecule has 0 spiro atoms. The second-order valence-corrected chi connectivity index (χ2v) is 8.84. The number of amides is 2. The van der Waals surface area contributed by atoms with Crippen molar-refractivity contribution < 1.29 is 23.1 Å². The van der Waals surface area contributed by atoms with Gasteiger partial charge in [-0.25, -0.2) is 18.5 Å². The van der Waals surface area contributed by atoms with E-state index < -0.39 is 17.7 Å². The third kappa shape index (κ3) is 7.71. The number of aryl methyl sites for hydroxylation is 1. The second-order valence-electron chi connectivity index (χ2n) is 8.84. The molecule has 1 unspecified atom stereocenters. The van der Waals surface area contributed by atoms with Crippen LogP contribution in [0.15, 0.2) is 48.5 Å². The molecule has 2 heterocycles. The highest BCUT2D eigenvalue weighted by molar-refractivity contribution is 5.81.